The van der Waals surface area contributed by atoms with Gasteiger partial charge in [0, 0.05) is 37.9 Å². The van der Waals surface area contributed by atoms with Crippen LogP contribution in [0, 0.1) is 5.82 Å². The van der Waals surface area contributed by atoms with Crippen LogP contribution in [0.25, 0.3) is 21.9 Å². The Labute approximate surface area is 159 Å². The number of anilines is 1. The van der Waals surface area contributed by atoms with Crippen LogP contribution in [-0.2, 0) is 0 Å². The number of aromatic nitrogens is 1. The highest BCUT2D eigenvalue weighted by Gasteiger charge is 2.27. The Kier molecular flexibility index (Phi) is 4.07. The molecule has 2 aliphatic rings. The highest BCUT2D eigenvalue weighted by atomic mass is 32.1. The lowest BCUT2D eigenvalue weighted by atomic mass is 10.0. The molecule has 0 bridgehead atoms. The Morgan fingerprint density at radius 1 is 1.22 bits per heavy atom. The maximum absolute atomic E-state index is 14.8. The fourth-order valence-electron chi connectivity index (χ4n) is 3.50. The van der Waals surface area contributed by atoms with Crippen molar-refractivity contribution >= 4 is 38.9 Å². The van der Waals surface area contributed by atoms with E-state index in [0.717, 1.165) is 42.1 Å². The smallest absolute Gasteiger partial charge is 0.227 e. The molecule has 3 heterocycles. The Morgan fingerprint density at radius 3 is 2.85 bits per heavy atom. The molecular weight excluding hydrogens is 365 g/mol. The largest absolute Gasteiger partial charge is 0.460 e. The number of fused-ring (bicyclic) bond motifs is 2. The predicted molar refractivity (Wildman–Crippen MR) is 106 cm³/mol. The maximum atomic E-state index is 14.8. The maximum Gasteiger partial charge on any atom is 0.227 e. The van der Waals surface area contributed by atoms with Crippen molar-refractivity contribution in [2.24, 2.45) is 0 Å². The summed E-state index contributed by atoms with van der Waals surface area (Å²) >= 11 is 1.46. The van der Waals surface area contributed by atoms with Crippen molar-refractivity contribution in [1.82, 2.24) is 10.3 Å². The number of hydrogen-bond acceptors (Lipinski definition) is 6. The molecule has 0 spiro atoms. The van der Waals surface area contributed by atoms with Crippen molar-refractivity contribution in [2.45, 2.75) is 6.29 Å². The van der Waals surface area contributed by atoms with Crippen molar-refractivity contribution in [3.8, 4) is 5.75 Å². The van der Waals surface area contributed by atoms with Gasteiger partial charge < -0.3 is 20.1 Å². The van der Waals surface area contributed by atoms with E-state index < -0.39 is 6.29 Å². The summed E-state index contributed by atoms with van der Waals surface area (Å²) in [5.41, 5.74) is 2.47. The molecule has 1 saturated heterocycles. The van der Waals surface area contributed by atoms with E-state index in [1.54, 1.807) is 12.1 Å². The van der Waals surface area contributed by atoms with Crippen LogP contribution >= 0.6 is 11.3 Å². The summed E-state index contributed by atoms with van der Waals surface area (Å²) in [6.07, 6.45) is 0.480. The number of aliphatic hydroxyl groups is 1. The van der Waals surface area contributed by atoms with Crippen molar-refractivity contribution in [3.63, 3.8) is 0 Å². The minimum Gasteiger partial charge on any atom is -0.460 e. The third-order valence-electron chi connectivity index (χ3n) is 4.90. The minimum absolute atomic E-state index is 0.355. The number of halogens is 1. The number of para-hydroxylation sites is 1. The third kappa shape index (κ3) is 2.97. The zero-order chi connectivity index (χ0) is 18.4. The molecule has 3 aromatic rings. The highest BCUT2D eigenvalue weighted by Crippen LogP contribution is 2.39. The Balaban J connectivity index is 1.55. The second kappa shape index (κ2) is 6.60. The number of thiazole rings is 1. The van der Waals surface area contributed by atoms with Gasteiger partial charge in [-0.25, -0.2) is 9.37 Å². The SMILES string of the molecule is OC1Oc2cc(N3CCNCC3)cc(F)c2C=C1c1nc2ccccc2s1. The number of aliphatic hydroxyl groups excluding tert-OH is 1. The molecule has 1 fully saturated rings. The van der Waals surface area contributed by atoms with Gasteiger partial charge in [-0.1, -0.05) is 12.1 Å². The Morgan fingerprint density at radius 2 is 2.04 bits per heavy atom. The molecule has 1 unspecified atom stereocenters. The van der Waals surface area contributed by atoms with Crippen LogP contribution in [0.3, 0.4) is 0 Å². The average Bonchev–Trinajstić information content (AvgIpc) is 3.12. The van der Waals surface area contributed by atoms with E-state index in [9.17, 15) is 9.50 Å². The predicted octanol–water partition coefficient (Wildman–Crippen LogP) is 3.10. The molecule has 0 aliphatic carbocycles. The normalized spacial score (nSPS) is 19.6. The quantitative estimate of drug-likeness (QED) is 0.712. The van der Waals surface area contributed by atoms with Gasteiger partial charge in [-0.2, -0.15) is 0 Å². The first-order chi connectivity index (χ1) is 13.2. The first kappa shape index (κ1) is 16.7. The number of rotatable bonds is 2. The van der Waals surface area contributed by atoms with E-state index in [0.29, 0.717) is 21.9 Å². The molecule has 0 saturated carbocycles. The lowest BCUT2D eigenvalue weighted by Gasteiger charge is -2.31. The standard InChI is InChI=1S/C20H18FN3O2S/c21-15-9-12(24-7-5-22-6-8-24)10-17-13(15)11-14(20(25)26-17)19-23-16-3-1-2-4-18(16)27-19/h1-4,9-11,20,22,25H,5-8H2. The second-order valence-electron chi connectivity index (χ2n) is 6.63. The van der Waals surface area contributed by atoms with Gasteiger partial charge in [-0.15, -0.1) is 11.3 Å². The topological polar surface area (TPSA) is 57.6 Å². The van der Waals surface area contributed by atoms with Crippen LogP contribution in [0.2, 0.25) is 0 Å². The molecule has 0 amide bonds. The van der Waals surface area contributed by atoms with Crippen molar-refractivity contribution in [3.05, 3.63) is 52.8 Å². The Hall–Kier alpha value is -2.48. The molecular formula is C20H18FN3O2S. The van der Waals surface area contributed by atoms with Gasteiger partial charge in [0.1, 0.15) is 16.6 Å². The van der Waals surface area contributed by atoms with Crippen LogP contribution in [-0.4, -0.2) is 42.6 Å². The molecule has 7 heteroatoms. The van der Waals surface area contributed by atoms with Gasteiger partial charge in [0.25, 0.3) is 0 Å². The molecule has 1 aromatic heterocycles. The second-order valence-corrected chi connectivity index (χ2v) is 7.66. The van der Waals surface area contributed by atoms with Crippen LogP contribution < -0.4 is 15.0 Å². The summed E-state index contributed by atoms with van der Waals surface area (Å²) in [6, 6.07) is 11.1. The molecule has 27 heavy (non-hydrogen) atoms. The minimum atomic E-state index is -1.17. The molecule has 2 N–H and O–H groups in total. The lowest BCUT2D eigenvalue weighted by molar-refractivity contribution is 0.0317. The van der Waals surface area contributed by atoms with Crippen LogP contribution in [0.4, 0.5) is 10.1 Å². The number of ether oxygens (including phenoxy) is 1. The van der Waals surface area contributed by atoms with Crippen molar-refractivity contribution in [1.29, 1.82) is 0 Å². The van der Waals surface area contributed by atoms with E-state index in [1.807, 2.05) is 24.3 Å². The van der Waals surface area contributed by atoms with E-state index >= 15 is 0 Å². The molecule has 2 aromatic carbocycles. The third-order valence-corrected chi connectivity index (χ3v) is 5.99. The Bertz CT molecular complexity index is 1010. The number of nitrogens with one attached hydrogen (secondary N) is 1. The van der Waals surface area contributed by atoms with Gasteiger partial charge in [0.05, 0.1) is 21.4 Å². The van der Waals surface area contributed by atoms with Gasteiger partial charge in [-0.3, -0.25) is 0 Å². The van der Waals surface area contributed by atoms with Gasteiger partial charge in [0.2, 0.25) is 6.29 Å². The average molecular weight is 383 g/mol. The van der Waals surface area contributed by atoms with Crippen molar-refractivity contribution < 1.29 is 14.2 Å². The van der Waals surface area contributed by atoms with Crippen LogP contribution in [0.15, 0.2) is 36.4 Å². The zero-order valence-corrected chi connectivity index (χ0v) is 15.3. The fourth-order valence-corrected chi connectivity index (χ4v) is 4.49. The highest BCUT2D eigenvalue weighted by molar-refractivity contribution is 7.19. The number of nitrogens with zero attached hydrogens (tertiary/aromatic N) is 2. The summed E-state index contributed by atoms with van der Waals surface area (Å²) in [4.78, 5) is 6.67. The lowest BCUT2D eigenvalue weighted by Crippen LogP contribution is -2.43. The molecule has 0 radical (unpaired) electrons. The summed E-state index contributed by atoms with van der Waals surface area (Å²) in [5, 5.41) is 14.4. The summed E-state index contributed by atoms with van der Waals surface area (Å²) in [7, 11) is 0. The monoisotopic (exact) mass is 383 g/mol. The summed E-state index contributed by atoms with van der Waals surface area (Å²) < 4.78 is 21.5. The van der Waals surface area contributed by atoms with E-state index in [4.69, 9.17) is 4.74 Å². The zero-order valence-electron chi connectivity index (χ0n) is 14.5. The first-order valence-corrected chi connectivity index (χ1v) is 9.72. The first-order valence-electron chi connectivity index (χ1n) is 8.90. The van der Waals surface area contributed by atoms with Gasteiger partial charge >= 0.3 is 0 Å². The van der Waals surface area contributed by atoms with Crippen LogP contribution in [0.5, 0.6) is 5.75 Å². The molecule has 5 nitrogen and oxygen atoms in total. The molecule has 138 valence electrons. The molecule has 1 atom stereocenters. The van der Waals surface area contributed by atoms with E-state index in [1.165, 1.54) is 17.4 Å². The fraction of sp³-hybridized carbons (Fsp3) is 0.250. The summed E-state index contributed by atoms with van der Waals surface area (Å²) in [5.74, 6) is 0.00689. The van der Waals surface area contributed by atoms with Gasteiger partial charge in [-0.05, 0) is 24.3 Å². The number of hydrogen-bond donors (Lipinski definition) is 2. The van der Waals surface area contributed by atoms with Gasteiger partial charge in [0.15, 0.2) is 0 Å². The van der Waals surface area contributed by atoms with E-state index in [2.05, 4.69) is 15.2 Å². The molecule has 2 aliphatic heterocycles. The number of benzene rings is 2. The van der Waals surface area contributed by atoms with E-state index in [-0.39, 0.29) is 5.82 Å². The van der Waals surface area contributed by atoms with Crippen LogP contribution in [0.1, 0.15) is 10.6 Å². The van der Waals surface area contributed by atoms with Crippen molar-refractivity contribution in [2.75, 3.05) is 31.1 Å². The molecule has 5 rings (SSSR count). The summed E-state index contributed by atoms with van der Waals surface area (Å²) in [6.45, 7) is 3.36. The number of piperazine rings is 1.